The number of nitrogens with zero attached hydrogens (tertiary/aromatic N) is 1. The SMILES string of the molecule is CCN(c1ccccc1)S(=O)(=O)c1ccc(C(=O)OCC(=O)NCC(C)C)cc1. The highest BCUT2D eigenvalue weighted by Gasteiger charge is 2.24. The van der Waals surface area contributed by atoms with E-state index in [2.05, 4.69) is 5.32 Å². The van der Waals surface area contributed by atoms with Crippen LogP contribution < -0.4 is 9.62 Å². The van der Waals surface area contributed by atoms with Gasteiger partial charge < -0.3 is 10.1 Å². The van der Waals surface area contributed by atoms with Gasteiger partial charge in [0.2, 0.25) is 0 Å². The molecule has 0 aromatic heterocycles. The number of amides is 1. The summed E-state index contributed by atoms with van der Waals surface area (Å²) < 4.78 is 32.2. The molecule has 0 radical (unpaired) electrons. The van der Waals surface area contributed by atoms with E-state index in [0.717, 1.165) is 0 Å². The van der Waals surface area contributed by atoms with Crippen molar-refractivity contribution >= 4 is 27.6 Å². The van der Waals surface area contributed by atoms with Crippen molar-refractivity contribution in [3.63, 3.8) is 0 Å². The number of sulfonamides is 1. The highest BCUT2D eigenvalue weighted by molar-refractivity contribution is 7.92. The van der Waals surface area contributed by atoms with Crippen LogP contribution in [-0.2, 0) is 19.6 Å². The molecule has 0 atom stereocenters. The molecule has 0 fully saturated rings. The van der Waals surface area contributed by atoms with Gasteiger partial charge in [0.25, 0.3) is 15.9 Å². The van der Waals surface area contributed by atoms with E-state index in [1.165, 1.54) is 28.6 Å². The maximum atomic E-state index is 12.9. The molecule has 0 saturated carbocycles. The van der Waals surface area contributed by atoms with Gasteiger partial charge in [0.1, 0.15) is 0 Å². The molecule has 0 heterocycles. The fourth-order valence-corrected chi connectivity index (χ4v) is 4.03. The van der Waals surface area contributed by atoms with Crippen LogP contribution in [0.5, 0.6) is 0 Å². The van der Waals surface area contributed by atoms with Gasteiger partial charge >= 0.3 is 5.97 Å². The number of nitrogens with one attached hydrogen (secondary N) is 1. The monoisotopic (exact) mass is 418 g/mol. The van der Waals surface area contributed by atoms with Crippen molar-refractivity contribution in [3.8, 4) is 0 Å². The Kier molecular flexibility index (Phi) is 7.78. The van der Waals surface area contributed by atoms with E-state index >= 15 is 0 Å². The fraction of sp³-hybridized carbons (Fsp3) is 0.333. The van der Waals surface area contributed by atoms with Crippen molar-refractivity contribution in [2.45, 2.75) is 25.7 Å². The molecule has 2 rings (SSSR count). The standard InChI is InChI=1S/C21H26N2O5S/c1-4-23(18-8-6-5-7-9-18)29(26,27)19-12-10-17(11-13-19)21(25)28-15-20(24)22-14-16(2)3/h5-13,16H,4,14-15H2,1-3H3,(H,22,24). The van der Waals surface area contributed by atoms with E-state index in [-0.39, 0.29) is 29.5 Å². The normalized spacial score (nSPS) is 11.2. The summed E-state index contributed by atoms with van der Waals surface area (Å²) in [6.45, 7) is 6.04. The lowest BCUT2D eigenvalue weighted by atomic mass is 10.2. The van der Waals surface area contributed by atoms with Crippen LogP contribution in [0.25, 0.3) is 0 Å². The second-order valence-corrected chi connectivity index (χ2v) is 8.67. The number of ether oxygens (including phenoxy) is 1. The minimum atomic E-state index is -3.77. The number of esters is 1. The van der Waals surface area contributed by atoms with Crippen molar-refractivity contribution in [1.29, 1.82) is 0 Å². The Morgan fingerprint density at radius 1 is 1.03 bits per heavy atom. The molecule has 2 aromatic carbocycles. The number of rotatable bonds is 9. The zero-order valence-corrected chi connectivity index (χ0v) is 17.6. The largest absolute Gasteiger partial charge is 0.452 e. The zero-order valence-electron chi connectivity index (χ0n) is 16.8. The lowest BCUT2D eigenvalue weighted by Crippen LogP contribution is -2.31. The van der Waals surface area contributed by atoms with Crippen LogP contribution in [0.3, 0.4) is 0 Å². The second-order valence-electron chi connectivity index (χ2n) is 6.80. The number of para-hydroxylation sites is 1. The van der Waals surface area contributed by atoms with Gasteiger partial charge in [-0.1, -0.05) is 32.0 Å². The molecule has 1 amide bonds. The maximum absolute atomic E-state index is 12.9. The Labute approximate surface area is 171 Å². The lowest BCUT2D eigenvalue weighted by molar-refractivity contribution is -0.124. The number of hydrogen-bond acceptors (Lipinski definition) is 5. The number of benzene rings is 2. The predicted molar refractivity (Wildman–Crippen MR) is 111 cm³/mol. The predicted octanol–water partition coefficient (Wildman–Crippen LogP) is 2.83. The molecular weight excluding hydrogens is 392 g/mol. The maximum Gasteiger partial charge on any atom is 0.338 e. The quantitative estimate of drug-likeness (QED) is 0.632. The topological polar surface area (TPSA) is 92.8 Å². The molecular formula is C21H26N2O5S. The first-order valence-corrected chi connectivity index (χ1v) is 10.8. The molecule has 29 heavy (non-hydrogen) atoms. The van der Waals surface area contributed by atoms with Gasteiger partial charge in [-0.15, -0.1) is 0 Å². The van der Waals surface area contributed by atoms with Crippen LogP contribution >= 0.6 is 0 Å². The van der Waals surface area contributed by atoms with Gasteiger partial charge in [0, 0.05) is 13.1 Å². The second kappa shape index (κ2) is 10.1. The number of carbonyl (C=O) groups is 2. The first-order chi connectivity index (χ1) is 13.8. The molecule has 0 aliphatic carbocycles. The highest BCUT2D eigenvalue weighted by atomic mass is 32.2. The van der Waals surface area contributed by atoms with E-state index in [9.17, 15) is 18.0 Å². The average Bonchev–Trinajstić information content (AvgIpc) is 2.71. The summed E-state index contributed by atoms with van der Waals surface area (Å²) in [5, 5.41) is 2.65. The average molecular weight is 419 g/mol. The summed E-state index contributed by atoms with van der Waals surface area (Å²) in [7, 11) is -3.77. The van der Waals surface area contributed by atoms with Gasteiger partial charge in [-0.2, -0.15) is 0 Å². The first-order valence-electron chi connectivity index (χ1n) is 9.37. The van der Waals surface area contributed by atoms with E-state index in [1.807, 2.05) is 19.9 Å². The molecule has 0 bridgehead atoms. The highest BCUT2D eigenvalue weighted by Crippen LogP contribution is 2.23. The van der Waals surface area contributed by atoms with E-state index < -0.39 is 16.0 Å². The summed E-state index contributed by atoms with van der Waals surface area (Å²) in [4.78, 5) is 23.8. The minimum absolute atomic E-state index is 0.0643. The Morgan fingerprint density at radius 2 is 1.66 bits per heavy atom. The van der Waals surface area contributed by atoms with Crippen molar-refractivity contribution in [1.82, 2.24) is 5.32 Å². The van der Waals surface area contributed by atoms with E-state index in [1.54, 1.807) is 31.2 Å². The molecule has 0 saturated heterocycles. The van der Waals surface area contributed by atoms with Gasteiger partial charge in [-0.05, 0) is 49.2 Å². The summed E-state index contributed by atoms with van der Waals surface area (Å²) >= 11 is 0. The summed E-state index contributed by atoms with van der Waals surface area (Å²) in [6, 6.07) is 14.3. The number of carbonyl (C=O) groups excluding carboxylic acids is 2. The van der Waals surface area contributed by atoms with Crippen LogP contribution in [0.4, 0.5) is 5.69 Å². The molecule has 0 unspecified atom stereocenters. The van der Waals surface area contributed by atoms with Gasteiger partial charge in [0.15, 0.2) is 6.61 Å². The van der Waals surface area contributed by atoms with Crippen molar-refractivity contribution in [2.75, 3.05) is 24.0 Å². The Balaban J connectivity index is 2.07. The van der Waals surface area contributed by atoms with Crippen LogP contribution in [0, 0.1) is 5.92 Å². The lowest BCUT2D eigenvalue weighted by Gasteiger charge is -2.22. The summed E-state index contributed by atoms with van der Waals surface area (Å²) in [5.74, 6) is -0.778. The third kappa shape index (κ3) is 6.05. The smallest absolute Gasteiger partial charge is 0.338 e. The van der Waals surface area contributed by atoms with Crippen LogP contribution in [-0.4, -0.2) is 40.0 Å². The molecule has 7 nitrogen and oxygen atoms in total. The minimum Gasteiger partial charge on any atom is -0.452 e. The van der Waals surface area contributed by atoms with Crippen LogP contribution in [0.2, 0.25) is 0 Å². The van der Waals surface area contributed by atoms with E-state index in [4.69, 9.17) is 4.74 Å². The summed E-state index contributed by atoms with van der Waals surface area (Å²) in [5.41, 5.74) is 0.731. The van der Waals surface area contributed by atoms with Crippen molar-refractivity contribution in [3.05, 3.63) is 60.2 Å². The van der Waals surface area contributed by atoms with Crippen molar-refractivity contribution < 1.29 is 22.7 Å². The molecule has 0 aliphatic heterocycles. The molecule has 2 aromatic rings. The number of hydrogen-bond donors (Lipinski definition) is 1. The van der Waals surface area contributed by atoms with E-state index in [0.29, 0.717) is 18.2 Å². The summed E-state index contributed by atoms with van der Waals surface area (Å²) in [6.07, 6.45) is 0. The fourth-order valence-electron chi connectivity index (χ4n) is 2.56. The molecule has 1 N–H and O–H groups in total. The third-order valence-electron chi connectivity index (χ3n) is 4.05. The Bertz CT molecular complexity index is 925. The zero-order chi connectivity index (χ0) is 21.4. The first kappa shape index (κ1) is 22.4. The van der Waals surface area contributed by atoms with Gasteiger partial charge in [0.05, 0.1) is 16.1 Å². The van der Waals surface area contributed by atoms with Crippen LogP contribution in [0.15, 0.2) is 59.5 Å². The van der Waals surface area contributed by atoms with Gasteiger partial charge in [-0.25, -0.2) is 13.2 Å². The van der Waals surface area contributed by atoms with Crippen molar-refractivity contribution in [2.24, 2.45) is 5.92 Å². The number of anilines is 1. The van der Waals surface area contributed by atoms with Crippen LogP contribution in [0.1, 0.15) is 31.1 Å². The Hall–Kier alpha value is -2.87. The third-order valence-corrected chi connectivity index (χ3v) is 5.97. The molecule has 0 spiro atoms. The molecule has 8 heteroatoms. The van der Waals surface area contributed by atoms with Gasteiger partial charge in [-0.3, -0.25) is 9.10 Å². The Morgan fingerprint density at radius 3 is 2.21 bits per heavy atom. The molecule has 0 aliphatic rings. The molecule has 156 valence electrons.